The second kappa shape index (κ2) is 7.58. The molecule has 0 N–H and O–H groups in total. The van der Waals surface area contributed by atoms with Gasteiger partial charge in [-0.2, -0.15) is 5.26 Å². The summed E-state index contributed by atoms with van der Waals surface area (Å²) in [6, 6.07) is 12.0. The van der Waals surface area contributed by atoms with Gasteiger partial charge in [-0.1, -0.05) is 6.07 Å². The van der Waals surface area contributed by atoms with Gasteiger partial charge in [-0.15, -0.1) is 0 Å². The summed E-state index contributed by atoms with van der Waals surface area (Å²) in [7, 11) is 0. The molecule has 6 nitrogen and oxygen atoms in total. The van der Waals surface area contributed by atoms with E-state index in [9.17, 15) is 5.26 Å². The van der Waals surface area contributed by atoms with Crippen molar-refractivity contribution in [3.8, 4) is 6.07 Å². The van der Waals surface area contributed by atoms with Gasteiger partial charge in [0.15, 0.2) is 0 Å². The number of hydrogen-bond donors (Lipinski definition) is 0. The fourth-order valence-electron chi connectivity index (χ4n) is 3.73. The highest BCUT2D eigenvalue weighted by Crippen LogP contribution is 2.30. The smallest absolute Gasteiger partial charge is 0.146 e. The Balaban J connectivity index is 1.57. The Hall–Kier alpha value is -3.20. The Morgan fingerprint density at radius 1 is 1.19 bits per heavy atom. The second-order valence-corrected chi connectivity index (χ2v) is 6.96. The average molecular weight is 358 g/mol. The van der Waals surface area contributed by atoms with E-state index >= 15 is 0 Å². The molecule has 3 aromatic rings. The van der Waals surface area contributed by atoms with Crippen molar-refractivity contribution >= 4 is 5.82 Å². The Morgan fingerprint density at radius 3 is 2.93 bits per heavy atom. The van der Waals surface area contributed by atoms with E-state index in [-0.39, 0.29) is 0 Å². The highest BCUT2D eigenvalue weighted by atomic mass is 15.2. The van der Waals surface area contributed by atoms with Crippen molar-refractivity contribution in [2.75, 3.05) is 18.0 Å². The molecule has 1 aliphatic heterocycles. The van der Waals surface area contributed by atoms with Crippen molar-refractivity contribution < 1.29 is 0 Å². The van der Waals surface area contributed by atoms with Crippen molar-refractivity contribution in [3.05, 3.63) is 71.7 Å². The quantitative estimate of drug-likeness (QED) is 0.716. The van der Waals surface area contributed by atoms with Gasteiger partial charge in [-0.3, -0.25) is 4.98 Å². The molecule has 136 valence electrons. The first-order valence-corrected chi connectivity index (χ1v) is 9.28. The van der Waals surface area contributed by atoms with Crippen LogP contribution in [-0.2, 0) is 6.54 Å². The largest absolute Gasteiger partial charge is 0.355 e. The molecule has 27 heavy (non-hydrogen) atoms. The number of aromatic nitrogens is 4. The lowest BCUT2D eigenvalue weighted by Crippen LogP contribution is -2.36. The summed E-state index contributed by atoms with van der Waals surface area (Å²) in [5.74, 6) is 2.19. The van der Waals surface area contributed by atoms with Crippen LogP contribution in [0.5, 0.6) is 0 Å². The van der Waals surface area contributed by atoms with Gasteiger partial charge in [0.2, 0.25) is 0 Å². The molecule has 0 saturated carbocycles. The first-order chi connectivity index (χ1) is 13.2. The SMILES string of the molecule is Cc1ccc(C#N)c(N2CCC[C@H](c3nccn3Cc3ccccn3)C2)n1. The summed E-state index contributed by atoms with van der Waals surface area (Å²) in [6.07, 6.45) is 7.85. The molecule has 4 rings (SSSR count). The topological polar surface area (TPSA) is 70.6 Å². The van der Waals surface area contributed by atoms with Crippen LogP contribution in [0.3, 0.4) is 0 Å². The van der Waals surface area contributed by atoms with Gasteiger partial charge in [0.25, 0.3) is 0 Å². The third kappa shape index (κ3) is 3.68. The molecule has 0 bridgehead atoms. The van der Waals surface area contributed by atoms with Crippen molar-refractivity contribution in [2.45, 2.75) is 32.2 Å². The molecule has 0 aromatic carbocycles. The third-order valence-electron chi connectivity index (χ3n) is 5.03. The number of anilines is 1. The summed E-state index contributed by atoms with van der Waals surface area (Å²) in [5.41, 5.74) is 2.59. The Bertz CT molecular complexity index is 956. The number of nitrogens with zero attached hydrogens (tertiary/aromatic N) is 6. The van der Waals surface area contributed by atoms with E-state index in [2.05, 4.69) is 30.5 Å². The normalized spacial score (nSPS) is 16.9. The monoisotopic (exact) mass is 358 g/mol. The predicted octanol–water partition coefficient (Wildman–Crippen LogP) is 3.29. The minimum atomic E-state index is 0.311. The van der Waals surface area contributed by atoms with Crippen molar-refractivity contribution in [3.63, 3.8) is 0 Å². The number of imidazole rings is 1. The minimum absolute atomic E-state index is 0.311. The van der Waals surface area contributed by atoms with E-state index in [4.69, 9.17) is 0 Å². The molecule has 0 aliphatic carbocycles. The van der Waals surface area contributed by atoms with Crippen LogP contribution in [0.4, 0.5) is 5.82 Å². The van der Waals surface area contributed by atoms with Crippen molar-refractivity contribution in [1.29, 1.82) is 5.26 Å². The molecule has 1 saturated heterocycles. The lowest BCUT2D eigenvalue weighted by Gasteiger charge is -2.34. The summed E-state index contributed by atoms with van der Waals surface area (Å²) >= 11 is 0. The maximum Gasteiger partial charge on any atom is 0.146 e. The van der Waals surface area contributed by atoms with E-state index in [0.29, 0.717) is 11.5 Å². The van der Waals surface area contributed by atoms with Crippen LogP contribution in [0.15, 0.2) is 48.9 Å². The molecule has 0 spiro atoms. The third-order valence-corrected chi connectivity index (χ3v) is 5.03. The Kier molecular flexibility index (Phi) is 4.84. The van der Waals surface area contributed by atoms with E-state index in [1.165, 1.54) is 0 Å². The van der Waals surface area contributed by atoms with Gasteiger partial charge in [-0.05, 0) is 44.0 Å². The van der Waals surface area contributed by atoms with E-state index in [1.807, 2.05) is 55.8 Å². The molecule has 4 heterocycles. The zero-order valence-electron chi connectivity index (χ0n) is 15.4. The van der Waals surface area contributed by atoms with Crippen LogP contribution in [0.1, 0.15) is 41.5 Å². The predicted molar refractivity (Wildman–Crippen MR) is 103 cm³/mol. The van der Waals surface area contributed by atoms with Crippen LogP contribution >= 0.6 is 0 Å². The summed E-state index contributed by atoms with van der Waals surface area (Å²) in [6.45, 7) is 4.43. The second-order valence-electron chi connectivity index (χ2n) is 6.96. The molecular weight excluding hydrogens is 336 g/mol. The van der Waals surface area contributed by atoms with Crippen molar-refractivity contribution in [2.24, 2.45) is 0 Å². The highest BCUT2D eigenvalue weighted by Gasteiger charge is 2.27. The molecule has 0 unspecified atom stereocenters. The molecule has 3 aromatic heterocycles. The van der Waals surface area contributed by atoms with Gasteiger partial charge in [0, 0.05) is 43.3 Å². The summed E-state index contributed by atoms with van der Waals surface area (Å²) in [4.78, 5) is 16.0. The van der Waals surface area contributed by atoms with Gasteiger partial charge < -0.3 is 9.47 Å². The molecule has 1 fully saturated rings. The molecule has 0 radical (unpaired) electrons. The minimum Gasteiger partial charge on any atom is -0.355 e. The fourth-order valence-corrected chi connectivity index (χ4v) is 3.73. The number of aryl methyl sites for hydroxylation is 1. The maximum absolute atomic E-state index is 9.46. The van der Waals surface area contributed by atoms with Gasteiger partial charge in [0.1, 0.15) is 17.7 Å². The average Bonchev–Trinajstić information content (AvgIpc) is 3.17. The van der Waals surface area contributed by atoms with Gasteiger partial charge in [0.05, 0.1) is 17.8 Å². The van der Waals surface area contributed by atoms with E-state index in [0.717, 1.165) is 55.5 Å². The van der Waals surface area contributed by atoms with Gasteiger partial charge >= 0.3 is 0 Å². The van der Waals surface area contributed by atoms with Gasteiger partial charge in [-0.25, -0.2) is 9.97 Å². The fraction of sp³-hybridized carbons (Fsp3) is 0.333. The first-order valence-electron chi connectivity index (χ1n) is 9.28. The van der Waals surface area contributed by atoms with Crippen LogP contribution in [-0.4, -0.2) is 32.6 Å². The van der Waals surface area contributed by atoms with Crippen LogP contribution in [0, 0.1) is 18.3 Å². The first kappa shape index (κ1) is 17.2. The number of piperidine rings is 1. The van der Waals surface area contributed by atoms with Crippen LogP contribution < -0.4 is 4.90 Å². The molecular formula is C21H22N6. The Labute approximate surface area is 159 Å². The Morgan fingerprint density at radius 2 is 2.11 bits per heavy atom. The maximum atomic E-state index is 9.46. The lowest BCUT2D eigenvalue weighted by molar-refractivity contribution is 0.473. The number of rotatable bonds is 4. The molecule has 6 heteroatoms. The molecule has 1 atom stereocenters. The highest BCUT2D eigenvalue weighted by molar-refractivity contribution is 5.54. The standard InChI is InChI=1S/C21H22N6/c1-16-7-8-17(13-22)21(25-16)26-11-4-5-18(14-26)20-24-10-12-27(20)15-19-6-2-3-9-23-19/h2-3,6-10,12,18H,4-5,11,14-15H2,1H3/t18-/m0/s1. The molecule has 1 aliphatic rings. The summed E-state index contributed by atoms with van der Waals surface area (Å²) < 4.78 is 2.19. The molecule has 0 amide bonds. The lowest BCUT2D eigenvalue weighted by atomic mass is 9.96. The zero-order valence-corrected chi connectivity index (χ0v) is 15.4. The van der Waals surface area contributed by atoms with Crippen LogP contribution in [0.25, 0.3) is 0 Å². The summed E-state index contributed by atoms with van der Waals surface area (Å²) in [5, 5.41) is 9.46. The van der Waals surface area contributed by atoms with Crippen LogP contribution in [0.2, 0.25) is 0 Å². The number of pyridine rings is 2. The van der Waals surface area contributed by atoms with Crippen molar-refractivity contribution in [1.82, 2.24) is 19.5 Å². The van der Waals surface area contributed by atoms with E-state index < -0.39 is 0 Å². The number of hydrogen-bond acceptors (Lipinski definition) is 5. The van der Waals surface area contributed by atoms with E-state index in [1.54, 1.807) is 0 Å². The zero-order chi connectivity index (χ0) is 18.6. The number of nitriles is 1.